The van der Waals surface area contributed by atoms with Gasteiger partial charge in [0, 0.05) is 35.5 Å². The number of ether oxygens (including phenoxy) is 1. The van der Waals surface area contributed by atoms with Gasteiger partial charge < -0.3 is 19.8 Å². The molecule has 254 valence electrons. The van der Waals surface area contributed by atoms with E-state index >= 15 is 0 Å². The smallest absolute Gasteiger partial charge is 0.407 e. The molecule has 4 aromatic heterocycles. The number of alkyl carbamates (subject to hydrolysis) is 1. The van der Waals surface area contributed by atoms with Crippen LogP contribution in [0, 0.1) is 5.92 Å². The summed E-state index contributed by atoms with van der Waals surface area (Å²) >= 11 is 1.22. The summed E-state index contributed by atoms with van der Waals surface area (Å²) in [5.41, 5.74) is 1.49. The Morgan fingerprint density at radius 3 is 2.55 bits per heavy atom. The number of amides is 2. The van der Waals surface area contributed by atoms with Gasteiger partial charge in [-0.05, 0) is 70.0 Å². The summed E-state index contributed by atoms with van der Waals surface area (Å²) in [4.78, 5) is 35.8. The third kappa shape index (κ3) is 8.24. The van der Waals surface area contributed by atoms with Crippen LogP contribution in [0.1, 0.15) is 34.1 Å². The summed E-state index contributed by atoms with van der Waals surface area (Å²) < 4.78 is 39.8. The Bertz CT molecular complexity index is 2120. The van der Waals surface area contributed by atoms with Crippen molar-refractivity contribution in [2.45, 2.75) is 44.6 Å². The van der Waals surface area contributed by atoms with Crippen LogP contribution in [0.2, 0.25) is 0 Å². The van der Waals surface area contributed by atoms with Crippen LogP contribution in [0.5, 0.6) is 0 Å². The number of rotatable bonds is 12. The zero-order chi connectivity index (χ0) is 35.2. The molecule has 1 atom stereocenters. The van der Waals surface area contributed by atoms with E-state index in [0.717, 1.165) is 9.55 Å². The van der Waals surface area contributed by atoms with Gasteiger partial charge >= 0.3 is 6.09 Å². The maximum atomic E-state index is 13.9. The third-order valence-corrected chi connectivity index (χ3v) is 9.94. The van der Waals surface area contributed by atoms with Gasteiger partial charge in [-0.3, -0.25) is 4.79 Å². The van der Waals surface area contributed by atoms with Crippen molar-refractivity contribution in [3.05, 3.63) is 110 Å². The number of thiophene rings is 1. The van der Waals surface area contributed by atoms with E-state index in [-0.39, 0.29) is 29.4 Å². The van der Waals surface area contributed by atoms with Crippen molar-refractivity contribution in [1.29, 1.82) is 0 Å². The SMILES string of the molecule is C=C/C(=C\C=C/C)CC(CNC(=O)OC(C)(C)C)C(=O)Nc1cc(-c2cn(S(=O)(=O)c3ccccc3)c3ncccc23)c(-c2ncco2)s1. The molecule has 5 aromatic rings. The quantitative estimate of drug-likeness (QED) is 0.125. The largest absolute Gasteiger partial charge is 0.444 e. The highest BCUT2D eigenvalue weighted by molar-refractivity contribution is 7.90. The van der Waals surface area contributed by atoms with E-state index in [1.165, 1.54) is 48.3 Å². The number of carbonyl (C=O) groups is 2. The van der Waals surface area contributed by atoms with Crippen LogP contribution < -0.4 is 10.6 Å². The Labute approximate surface area is 289 Å². The normalized spacial score (nSPS) is 13.0. The minimum Gasteiger partial charge on any atom is -0.444 e. The van der Waals surface area contributed by atoms with Crippen molar-refractivity contribution in [2.24, 2.45) is 5.92 Å². The molecule has 49 heavy (non-hydrogen) atoms. The fourth-order valence-electron chi connectivity index (χ4n) is 5.01. The molecule has 0 fully saturated rings. The van der Waals surface area contributed by atoms with Crippen LogP contribution in [0.15, 0.2) is 119 Å². The average molecular weight is 700 g/mol. The van der Waals surface area contributed by atoms with Gasteiger partial charge in [-0.15, -0.1) is 11.3 Å². The lowest BCUT2D eigenvalue weighted by Gasteiger charge is -2.22. The number of aromatic nitrogens is 3. The number of fused-ring (bicyclic) bond motifs is 1. The highest BCUT2D eigenvalue weighted by Crippen LogP contribution is 2.44. The van der Waals surface area contributed by atoms with E-state index in [9.17, 15) is 18.0 Å². The maximum absolute atomic E-state index is 13.9. The van der Waals surface area contributed by atoms with E-state index < -0.39 is 27.6 Å². The molecular weight excluding hydrogens is 663 g/mol. The van der Waals surface area contributed by atoms with Gasteiger partial charge in [-0.2, -0.15) is 0 Å². The molecule has 0 aliphatic heterocycles. The van der Waals surface area contributed by atoms with Gasteiger partial charge in [-0.1, -0.05) is 49.1 Å². The third-order valence-electron chi connectivity index (χ3n) is 7.24. The van der Waals surface area contributed by atoms with Gasteiger partial charge in [0.25, 0.3) is 10.0 Å². The number of nitrogens with one attached hydrogen (secondary N) is 2. The molecule has 5 rings (SSSR count). The summed E-state index contributed by atoms with van der Waals surface area (Å²) in [6.07, 6.45) is 12.9. The van der Waals surface area contributed by atoms with Crippen molar-refractivity contribution in [1.82, 2.24) is 19.3 Å². The monoisotopic (exact) mass is 699 g/mol. The number of allylic oxidation sites excluding steroid dienone is 5. The second-order valence-electron chi connectivity index (χ2n) is 12.0. The molecule has 0 radical (unpaired) electrons. The number of nitrogens with zero attached hydrogens (tertiary/aromatic N) is 3. The van der Waals surface area contributed by atoms with Crippen LogP contribution in [0.25, 0.3) is 32.9 Å². The highest BCUT2D eigenvalue weighted by Gasteiger charge is 2.28. The van der Waals surface area contributed by atoms with E-state index in [1.807, 2.05) is 25.2 Å². The second kappa shape index (κ2) is 14.9. The van der Waals surface area contributed by atoms with Crippen LogP contribution in [0.4, 0.5) is 9.80 Å². The van der Waals surface area contributed by atoms with Gasteiger partial charge in [0.15, 0.2) is 5.65 Å². The van der Waals surface area contributed by atoms with Crippen LogP contribution in [-0.4, -0.2) is 46.5 Å². The summed E-state index contributed by atoms with van der Waals surface area (Å²) in [5, 5.41) is 6.76. The molecule has 0 saturated carbocycles. The van der Waals surface area contributed by atoms with Gasteiger partial charge in [0.1, 0.15) is 11.9 Å². The molecule has 4 heterocycles. The summed E-state index contributed by atoms with van der Waals surface area (Å²) in [7, 11) is -4.00. The first-order valence-corrected chi connectivity index (χ1v) is 17.7. The zero-order valence-corrected chi connectivity index (χ0v) is 29.2. The molecule has 13 heteroatoms. The number of hydrogen-bond acceptors (Lipinski definition) is 9. The van der Waals surface area contributed by atoms with Gasteiger partial charge in [-0.25, -0.2) is 27.2 Å². The molecule has 0 aliphatic carbocycles. The Balaban J connectivity index is 1.54. The number of pyridine rings is 1. The molecule has 11 nitrogen and oxygen atoms in total. The summed E-state index contributed by atoms with van der Waals surface area (Å²) in [6.45, 7) is 11.1. The Kier molecular flexibility index (Phi) is 10.6. The second-order valence-corrected chi connectivity index (χ2v) is 14.8. The summed E-state index contributed by atoms with van der Waals surface area (Å²) in [5.74, 6) is -0.755. The van der Waals surface area contributed by atoms with Crippen molar-refractivity contribution >= 4 is 49.4 Å². The van der Waals surface area contributed by atoms with Gasteiger partial charge in [0.2, 0.25) is 11.8 Å². The lowest BCUT2D eigenvalue weighted by atomic mass is 9.97. The number of benzene rings is 1. The molecule has 1 aromatic carbocycles. The minimum atomic E-state index is -4.00. The first kappa shape index (κ1) is 35.0. The number of oxazole rings is 1. The minimum absolute atomic E-state index is 0.00307. The van der Waals surface area contributed by atoms with E-state index in [2.05, 4.69) is 27.2 Å². The zero-order valence-electron chi connectivity index (χ0n) is 27.5. The molecular formula is C36H37N5O6S2. The topological polar surface area (TPSA) is 145 Å². The Morgan fingerprint density at radius 1 is 1.10 bits per heavy atom. The number of hydrogen-bond donors (Lipinski definition) is 2. The lowest BCUT2D eigenvalue weighted by molar-refractivity contribution is -0.119. The fourth-order valence-corrected chi connectivity index (χ4v) is 7.37. The first-order chi connectivity index (χ1) is 23.4. The Hall–Kier alpha value is -5.27. The van der Waals surface area contributed by atoms with Crippen molar-refractivity contribution in [3.63, 3.8) is 0 Å². The van der Waals surface area contributed by atoms with Crippen LogP contribution in [0.3, 0.4) is 0 Å². The predicted molar refractivity (Wildman–Crippen MR) is 192 cm³/mol. The number of carbonyl (C=O) groups excluding carboxylic acids is 2. The average Bonchev–Trinajstić information content (AvgIpc) is 3.83. The molecule has 0 saturated heterocycles. The van der Waals surface area contributed by atoms with Crippen molar-refractivity contribution < 1.29 is 27.2 Å². The molecule has 0 bridgehead atoms. The first-order valence-electron chi connectivity index (χ1n) is 15.4. The molecule has 2 N–H and O–H groups in total. The van der Waals surface area contributed by atoms with E-state index in [4.69, 9.17) is 9.15 Å². The van der Waals surface area contributed by atoms with Crippen molar-refractivity contribution in [3.8, 4) is 21.9 Å². The molecule has 0 aliphatic rings. The van der Waals surface area contributed by atoms with Crippen LogP contribution >= 0.6 is 11.3 Å². The number of anilines is 1. The lowest BCUT2D eigenvalue weighted by Crippen LogP contribution is -2.38. The molecule has 2 amide bonds. The maximum Gasteiger partial charge on any atom is 0.407 e. The van der Waals surface area contributed by atoms with Crippen LogP contribution in [-0.2, 0) is 19.6 Å². The van der Waals surface area contributed by atoms with E-state index in [0.29, 0.717) is 32.3 Å². The van der Waals surface area contributed by atoms with Crippen molar-refractivity contribution in [2.75, 3.05) is 11.9 Å². The van der Waals surface area contributed by atoms with E-state index in [1.54, 1.807) is 63.2 Å². The molecule has 0 spiro atoms. The van der Waals surface area contributed by atoms with Gasteiger partial charge in [0.05, 0.1) is 26.9 Å². The standard InChI is InChI=1S/C36H37N5O6S2/c1-6-8-13-24(7-2)20-25(22-39-35(43)47-36(3,4)5)33(42)40-30-21-28(31(48-30)34-38-18-19-46-34)29-23-41(32-27(29)16-12-17-37-32)49(44,45)26-14-10-9-11-15-26/h6-19,21,23,25H,2,20,22H2,1,3-5H3,(H,39,43)(H,40,42)/b8-6-,24-13+. The predicted octanol–water partition coefficient (Wildman–Crippen LogP) is 7.81. The fraction of sp³-hybridized carbons (Fsp3) is 0.222. The summed E-state index contributed by atoms with van der Waals surface area (Å²) in [6, 6.07) is 13.4. The highest BCUT2D eigenvalue weighted by atomic mass is 32.2. The molecule has 1 unspecified atom stereocenters. The Morgan fingerprint density at radius 2 is 1.88 bits per heavy atom.